The van der Waals surface area contributed by atoms with E-state index in [1.807, 2.05) is 25.3 Å². The van der Waals surface area contributed by atoms with Crippen LogP contribution in [-0.4, -0.2) is 15.5 Å². The van der Waals surface area contributed by atoms with Gasteiger partial charge in [-0.05, 0) is 36.8 Å². The Hall–Kier alpha value is -2.42. The van der Waals surface area contributed by atoms with Crippen molar-refractivity contribution in [2.75, 3.05) is 5.32 Å². The van der Waals surface area contributed by atoms with E-state index in [2.05, 4.69) is 15.1 Å². The minimum Gasteiger partial charge on any atom is -0.308 e. The number of imidazole rings is 1. The molecule has 1 aliphatic carbocycles. The zero-order valence-electron chi connectivity index (χ0n) is 14.2. The fourth-order valence-electron chi connectivity index (χ4n) is 2.96. The van der Waals surface area contributed by atoms with E-state index in [1.54, 1.807) is 6.07 Å². The van der Waals surface area contributed by atoms with Crippen molar-refractivity contribution in [3.8, 4) is 0 Å². The van der Waals surface area contributed by atoms with Gasteiger partial charge in [-0.15, -0.1) is 0 Å². The molecular formula is C18H21FN4O. The van der Waals surface area contributed by atoms with Gasteiger partial charge >= 0.3 is 0 Å². The maximum Gasteiger partial charge on any atom is 0.227 e. The molecule has 1 aromatic carbocycles. The number of hydrogen-bond acceptors (Lipinski definition) is 2. The highest BCUT2D eigenvalue weighted by Gasteiger charge is 2.27. The number of nitrogens with one attached hydrogen (secondary N) is 1. The molecule has 0 radical (unpaired) electrons. The number of carbonyl (C=O) groups is 1. The van der Waals surface area contributed by atoms with Crippen molar-refractivity contribution in [3.05, 3.63) is 29.4 Å². The van der Waals surface area contributed by atoms with E-state index >= 15 is 0 Å². The highest BCUT2D eigenvalue weighted by atomic mass is 19.1. The standard InChI is InChI=1S/C18H21FN4O/c1-18(2,3)10-15(24)21-17-22-16-13(19)8-11(20-4)9-14(16)23(17)12-6-5-7-12/h8-9,12H,5-7,10H2,1-3H3,(H,21,22,24). The summed E-state index contributed by atoms with van der Waals surface area (Å²) in [7, 11) is 0. The number of halogens is 1. The second kappa shape index (κ2) is 5.90. The van der Waals surface area contributed by atoms with E-state index in [0.717, 1.165) is 19.3 Å². The van der Waals surface area contributed by atoms with Crippen molar-refractivity contribution in [1.82, 2.24) is 9.55 Å². The first kappa shape index (κ1) is 16.4. The summed E-state index contributed by atoms with van der Waals surface area (Å²) in [5.74, 6) is -0.280. The molecule has 1 aromatic heterocycles. The van der Waals surface area contributed by atoms with Crippen LogP contribution in [0.15, 0.2) is 12.1 Å². The van der Waals surface area contributed by atoms with Gasteiger partial charge in [0.1, 0.15) is 11.3 Å². The third kappa shape index (κ3) is 3.12. The summed E-state index contributed by atoms with van der Waals surface area (Å²) in [5, 5.41) is 2.84. The summed E-state index contributed by atoms with van der Waals surface area (Å²) in [6.07, 6.45) is 3.40. The van der Waals surface area contributed by atoms with Crippen molar-refractivity contribution in [3.63, 3.8) is 0 Å². The average molecular weight is 328 g/mol. The van der Waals surface area contributed by atoms with Crippen LogP contribution >= 0.6 is 0 Å². The van der Waals surface area contributed by atoms with Crippen LogP contribution in [0, 0.1) is 17.8 Å². The number of rotatable bonds is 3. The van der Waals surface area contributed by atoms with E-state index in [0.29, 0.717) is 17.9 Å². The lowest BCUT2D eigenvalue weighted by Crippen LogP contribution is -2.24. The van der Waals surface area contributed by atoms with Crippen LogP contribution in [0.25, 0.3) is 15.9 Å². The van der Waals surface area contributed by atoms with Gasteiger partial charge < -0.3 is 4.57 Å². The van der Waals surface area contributed by atoms with Crippen molar-refractivity contribution in [2.45, 2.75) is 52.5 Å². The Bertz CT molecular complexity index is 837. The topological polar surface area (TPSA) is 51.3 Å². The Labute approximate surface area is 140 Å². The van der Waals surface area contributed by atoms with Crippen LogP contribution in [0.3, 0.4) is 0 Å². The fraction of sp³-hybridized carbons (Fsp3) is 0.500. The quantitative estimate of drug-likeness (QED) is 0.821. The van der Waals surface area contributed by atoms with Crippen LogP contribution in [0.1, 0.15) is 52.5 Å². The maximum absolute atomic E-state index is 14.3. The van der Waals surface area contributed by atoms with E-state index < -0.39 is 5.82 Å². The molecule has 1 fully saturated rings. The lowest BCUT2D eigenvalue weighted by Gasteiger charge is -2.29. The summed E-state index contributed by atoms with van der Waals surface area (Å²) >= 11 is 0. The number of fused-ring (bicyclic) bond motifs is 1. The molecule has 0 spiro atoms. The Balaban J connectivity index is 2.05. The molecule has 0 saturated heterocycles. The van der Waals surface area contributed by atoms with Gasteiger partial charge in [0.25, 0.3) is 0 Å². The number of anilines is 1. The van der Waals surface area contributed by atoms with Crippen molar-refractivity contribution in [2.24, 2.45) is 5.41 Å². The molecule has 1 N–H and O–H groups in total. The van der Waals surface area contributed by atoms with E-state index in [1.165, 1.54) is 6.07 Å². The Morgan fingerprint density at radius 1 is 1.46 bits per heavy atom. The fourth-order valence-corrected chi connectivity index (χ4v) is 2.96. The monoisotopic (exact) mass is 328 g/mol. The van der Waals surface area contributed by atoms with Gasteiger partial charge in [-0.3, -0.25) is 10.1 Å². The van der Waals surface area contributed by atoms with Gasteiger partial charge in [-0.2, -0.15) is 0 Å². The van der Waals surface area contributed by atoms with Crippen molar-refractivity contribution < 1.29 is 9.18 Å². The van der Waals surface area contributed by atoms with E-state index in [4.69, 9.17) is 6.57 Å². The molecule has 3 rings (SSSR count). The first-order valence-electron chi connectivity index (χ1n) is 8.17. The first-order valence-corrected chi connectivity index (χ1v) is 8.17. The second-order valence-electron chi connectivity index (χ2n) is 7.58. The molecule has 0 aliphatic heterocycles. The lowest BCUT2D eigenvalue weighted by atomic mass is 9.92. The molecule has 1 heterocycles. The summed E-state index contributed by atoms with van der Waals surface area (Å²) in [5.41, 5.74) is 0.894. The zero-order chi connectivity index (χ0) is 17.5. The van der Waals surface area contributed by atoms with E-state index in [-0.39, 0.29) is 28.6 Å². The molecule has 126 valence electrons. The van der Waals surface area contributed by atoms with Gasteiger partial charge in [-0.1, -0.05) is 20.8 Å². The van der Waals surface area contributed by atoms with Gasteiger partial charge in [0.2, 0.25) is 11.9 Å². The molecule has 1 aliphatic rings. The van der Waals surface area contributed by atoms with Crippen LogP contribution in [-0.2, 0) is 4.79 Å². The maximum atomic E-state index is 14.3. The number of nitrogens with zero attached hydrogens (tertiary/aromatic N) is 3. The Morgan fingerprint density at radius 3 is 2.71 bits per heavy atom. The van der Waals surface area contributed by atoms with Gasteiger partial charge in [-0.25, -0.2) is 14.2 Å². The highest BCUT2D eigenvalue weighted by Crippen LogP contribution is 2.39. The molecule has 0 bridgehead atoms. The SMILES string of the molecule is [C-]#[N+]c1cc(F)c2nc(NC(=O)CC(C)(C)C)n(C3CCC3)c2c1. The number of hydrogen-bond donors (Lipinski definition) is 1. The molecular weight excluding hydrogens is 307 g/mol. The third-order valence-corrected chi connectivity index (χ3v) is 4.24. The van der Waals surface area contributed by atoms with Crippen LogP contribution < -0.4 is 5.32 Å². The van der Waals surface area contributed by atoms with Gasteiger partial charge in [0, 0.05) is 12.5 Å². The molecule has 1 amide bonds. The minimum absolute atomic E-state index is 0.135. The molecule has 0 unspecified atom stereocenters. The Morgan fingerprint density at radius 2 is 2.17 bits per heavy atom. The van der Waals surface area contributed by atoms with Crippen LogP contribution in [0.4, 0.5) is 16.0 Å². The number of amides is 1. The highest BCUT2D eigenvalue weighted by molar-refractivity contribution is 5.92. The Kier molecular flexibility index (Phi) is 4.04. The smallest absolute Gasteiger partial charge is 0.227 e. The van der Waals surface area contributed by atoms with Crippen LogP contribution in [0.2, 0.25) is 0 Å². The number of benzene rings is 1. The van der Waals surface area contributed by atoms with Crippen LogP contribution in [0.5, 0.6) is 0 Å². The van der Waals surface area contributed by atoms with Crippen molar-refractivity contribution >= 4 is 28.6 Å². The van der Waals surface area contributed by atoms with Gasteiger partial charge in [0.05, 0.1) is 12.1 Å². The number of carbonyl (C=O) groups excluding carboxylic acids is 1. The third-order valence-electron chi connectivity index (χ3n) is 4.24. The lowest BCUT2D eigenvalue weighted by molar-refractivity contribution is -0.117. The molecule has 0 atom stereocenters. The average Bonchev–Trinajstić information content (AvgIpc) is 2.74. The summed E-state index contributed by atoms with van der Waals surface area (Å²) < 4.78 is 16.2. The number of aromatic nitrogens is 2. The molecule has 2 aromatic rings. The predicted molar refractivity (Wildman–Crippen MR) is 91.5 cm³/mol. The molecule has 5 nitrogen and oxygen atoms in total. The van der Waals surface area contributed by atoms with Gasteiger partial charge in [0.15, 0.2) is 5.69 Å². The summed E-state index contributed by atoms with van der Waals surface area (Å²) in [6.45, 7) is 13.1. The molecule has 6 heteroatoms. The zero-order valence-corrected chi connectivity index (χ0v) is 14.2. The predicted octanol–water partition coefficient (Wildman–Crippen LogP) is 4.83. The molecule has 1 saturated carbocycles. The first-order chi connectivity index (χ1) is 11.3. The summed E-state index contributed by atoms with van der Waals surface area (Å²) in [6, 6.07) is 3.03. The second-order valence-corrected chi connectivity index (χ2v) is 7.58. The van der Waals surface area contributed by atoms with Crippen molar-refractivity contribution in [1.29, 1.82) is 0 Å². The molecule has 24 heavy (non-hydrogen) atoms. The largest absolute Gasteiger partial charge is 0.308 e. The van der Waals surface area contributed by atoms with E-state index in [9.17, 15) is 9.18 Å². The summed E-state index contributed by atoms with van der Waals surface area (Å²) in [4.78, 5) is 19.9. The normalized spacial score (nSPS) is 15.1. The minimum atomic E-state index is -0.525.